The third-order valence-electron chi connectivity index (χ3n) is 2.30. The van der Waals surface area contributed by atoms with Gasteiger partial charge < -0.3 is 15.9 Å². The highest BCUT2D eigenvalue weighted by Gasteiger charge is 2.34. The second-order valence-electron chi connectivity index (χ2n) is 3.86. The van der Waals surface area contributed by atoms with Crippen molar-refractivity contribution in [1.82, 2.24) is 4.90 Å². The Bertz CT molecular complexity index is 206. The van der Waals surface area contributed by atoms with E-state index in [1.807, 2.05) is 4.90 Å². The van der Waals surface area contributed by atoms with Gasteiger partial charge in [-0.1, -0.05) is 0 Å². The molecule has 0 aromatic rings. The van der Waals surface area contributed by atoms with Crippen molar-refractivity contribution in [2.24, 2.45) is 5.73 Å². The molecule has 2 atom stereocenters. The molecule has 0 radical (unpaired) electrons. The van der Waals surface area contributed by atoms with Crippen molar-refractivity contribution in [3.05, 3.63) is 0 Å². The standard InChI is InChI=1S/C8H16N2O3/c1-8(13,7(11)12)5-10-3-2-6(9)4-10/h6,13H,2-5,9H2,1H3,(H,11,12)/t6-,8?/m1/s1. The van der Waals surface area contributed by atoms with Gasteiger partial charge in [0.15, 0.2) is 5.60 Å². The van der Waals surface area contributed by atoms with Crippen molar-refractivity contribution < 1.29 is 15.0 Å². The number of carbonyl (C=O) groups is 1. The Hall–Kier alpha value is -0.650. The molecule has 1 fully saturated rings. The maximum Gasteiger partial charge on any atom is 0.336 e. The van der Waals surface area contributed by atoms with Gasteiger partial charge in [0.05, 0.1) is 0 Å². The van der Waals surface area contributed by atoms with Crippen LogP contribution in [-0.4, -0.2) is 52.4 Å². The molecule has 0 saturated carbocycles. The van der Waals surface area contributed by atoms with Gasteiger partial charge in [0.25, 0.3) is 0 Å². The SMILES string of the molecule is CC(O)(CN1CC[C@@H](N)C1)C(=O)O. The quantitative estimate of drug-likeness (QED) is 0.521. The number of carboxylic acids is 1. The summed E-state index contributed by atoms with van der Waals surface area (Å²) in [7, 11) is 0. The number of likely N-dealkylation sites (tertiary alicyclic amines) is 1. The minimum absolute atomic E-state index is 0.115. The minimum Gasteiger partial charge on any atom is -0.479 e. The molecule has 1 heterocycles. The van der Waals surface area contributed by atoms with Crippen molar-refractivity contribution in [3.63, 3.8) is 0 Å². The second-order valence-corrected chi connectivity index (χ2v) is 3.86. The number of carboxylic acid groups (broad SMARTS) is 1. The fourth-order valence-electron chi connectivity index (χ4n) is 1.51. The molecule has 76 valence electrons. The van der Waals surface area contributed by atoms with E-state index in [1.54, 1.807) is 0 Å². The zero-order valence-electron chi connectivity index (χ0n) is 7.73. The highest BCUT2D eigenvalue weighted by atomic mass is 16.4. The maximum atomic E-state index is 10.6. The van der Waals surface area contributed by atoms with Gasteiger partial charge in [-0.3, -0.25) is 4.90 Å². The average Bonchev–Trinajstić information content (AvgIpc) is 2.34. The predicted octanol–water partition coefficient (Wildman–Crippen LogP) is -1.14. The molecule has 0 bridgehead atoms. The van der Waals surface area contributed by atoms with Crippen LogP contribution < -0.4 is 5.73 Å². The van der Waals surface area contributed by atoms with Gasteiger partial charge in [-0.05, 0) is 19.9 Å². The average molecular weight is 188 g/mol. The Morgan fingerprint density at radius 3 is 2.77 bits per heavy atom. The summed E-state index contributed by atoms with van der Waals surface area (Å²) >= 11 is 0. The van der Waals surface area contributed by atoms with Gasteiger partial charge in [0.1, 0.15) is 0 Å². The number of nitrogens with zero attached hydrogens (tertiary/aromatic N) is 1. The van der Waals surface area contributed by atoms with E-state index in [0.29, 0.717) is 6.54 Å². The van der Waals surface area contributed by atoms with Gasteiger partial charge in [-0.15, -0.1) is 0 Å². The number of hydrogen-bond donors (Lipinski definition) is 3. The van der Waals surface area contributed by atoms with Gasteiger partial charge in [-0.2, -0.15) is 0 Å². The van der Waals surface area contributed by atoms with Crippen LogP contribution in [0.1, 0.15) is 13.3 Å². The first-order chi connectivity index (χ1) is 5.92. The summed E-state index contributed by atoms with van der Waals surface area (Å²) < 4.78 is 0. The highest BCUT2D eigenvalue weighted by molar-refractivity contribution is 5.76. The highest BCUT2D eigenvalue weighted by Crippen LogP contribution is 2.12. The molecular formula is C8H16N2O3. The van der Waals surface area contributed by atoms with Gasteiger partial charge in [0, 0.05) is 19.1 Å². The molecule has 0 aromatic carbocycles. The van der Waals surface area contributed by atoms with Crippen molar-refractivity contribution in [3.8, 4) is 0 Å². The smallest absolute Gasteiger partial charge is 0.336 e. The zero-order chi connectivity index (χ0) is 10.1. The molecule has 0 spiro atoms. The lowest BCUT2D eigenvalue weighted by Crippen LogP contribution is -2.46. The Labute approximate surface area is 77.1 Å². The fourth-order valence-corrected chi connectivity index (χ4v) is 1.51. The van der Waals surface area contributed by atoms with E-state index < -0.39 is 11.6 Å². The number of rotatable bonds is 3. The van der Waals surface area contributed by atoms with Crippen LogP contribution >= 0.6 is 0 Å². The summed E-state index contributed by atoms with van der Waals surface area (Å²) in [4.78, 5) is 12.5. The monoisotopic (exact) mass is 188 g/mol. The number of hydrogen-bond acceptors (Lipinski definition) is 4. The van der Waals surface area contributed by atoms with Crippen molar-refractivity contribution in [1.29, 1.82) is 0 Å². The molecule has 5 nitrogen and oxygen atoms in total. The summed E-state index contributed by atoms with van der Waals surface area (Å²) in [6, 6.07) is 0.115. The van der Waals surface area contributed by atoms with Crippen molar-refractivity contribution in [2.75, 3.05) is 19.6 Å². The Kier molecular flexibility index (Phi) is 2.90. The van der Waals surface area contributed by atoms with E-state index in [-0.39, 0.29) is 12.6 Å². The molecular weight excluding hydrogens is 172 g/mol. The molecule has 4 N–H and O–H groups in total. The molecule has 0 aromatic heterocycles. The summed E-state index contributed by atoms with van der Waals surface area (Å²) in [6.07, 6.45) is 0.871. The van der Waals surface area contributed by atoms with Crippen LogP contribution in [0.5, 0.6) is 0 Å². The van der Waals surface area contributed by atoms with Crippen molar-refractivity contribution in [2.45, 2.75) is 25.0 Å². The lowest BCUT2D eigenvalue weighted by Gasteiger charge is -2.24. The summed E-state index contributed by atoms with van der Waals surface area (Å²) in [5.74, 6) is -1.19. The topological polar surface area (TPSA) is 86.8 Å². The number of nitrogens with two attached hydrogens (primary N) is 1. The molecule has 1 unspecified atom stereocenters. The van der Waals surface area contributed by atoms with Crippen LogP contribution in [0.2, 0.25) is 0 Å². The van der Waals surface area contributed by atoms with Crippen LogP contribution in [0.25, 0.3) is 0 Å². The number of aliphatic carboxylic acids is 1. The summed E-state index contributed by atoms with van der Waals surface area (Å²) in [5.41, 5.74) is 3.99. The number of β-amino-alcohol motifs (C(OH)–C–C–N with tert-alkyl or cyclic N) is 1. The first kappa shape index (κ1) is 10.4. The number of aliphatic hydroxyl groups is 1. The summed E-state index contributed by atoms with van der Waals surface area (Å²) in [6.45, 7) is 2.89. The van der Waals surface area contributed by atoms with E-state index in [0.717, 1.165) is 13.0 Å². The normalized spacial score (nSPS) is 28.7. The van der Waals surface area contributed by atoms with Crippen LogP contribution in [0, 0.1) is 0 Å². The molecule has 1 rings (SSSR count). The molecule has 1 aliphatic rings. The fraction of sp³-hybridized carbons (Fsp3) is 0.875. The first-order valence-electron chi connectivity index (χ1n) is 4.35. The molecule has 0 amide bonds. The minimum atomic E-state index is -1.66. The molecule has 1 aliphatic heterocycles. The maximum absolute atomic E-state index is 10.6. The lowest BCUT2D eigenvalue weighted by atomic mass is 10.1. The third-order valence-corrected chi connectivity index (χ3v) is 2.30. The van der Waals surface area contributed by atoms with Gasteiger partial charge in [0.2, 0.25) is 0 Å². The third kappa shape index (κ3) is 2.65. The Balaban J connectivity index is 2.44. The van der Waals surface area contributed by atoms with Crippen LogP contribution in [-0.2, 0) is 4.79 Å². The Morgan fingerprint density at radius 1 is 1.77 bits per heavy atom. The van der Waals surface area contributed by atoms with Crippen LogP contribution in [0.4, 0.5) is 0 Å². The van der Waals surface area contributed by atoms with Crippen LogP contribution in [0.3, 0.4) is 0 Å². The molecule has 5 heteroatoms. The van der Waals surface area contributed by atoms with Crippen molar-refractivity contribution >= 4 is 5.97 Å². The zero-order valence-corrected chi connectivity index (χ0v) is 7.73. The van der Waals surface area contributed by atoms with E-state index in [9.17, 15) is 9.90 Å². The van der Waals surface area contributed by atoms with E-state index in [4.69, 9.17) is 10.8 Å². The molecule has 13 heavy (non-hydrogen) atoms. The lowest BCUT2D eigenvalue weighted by molar-refractivity contribution is -0.158. The predicted molar refractivity (Wildman–Crippen MR) is 47.3 cm³/mol. The molecule has 1 saturated heterocycles. The van der Waals surface area contributed by atoms with Gasteiger partial charge in [-0.25, -0.2) is 4.79 Å². The summed E-state index contributed by atoms with van der Waals surface area (Å²) in [5, 5.41) is 18.1. The second kappa shape index (κ2) is 3.61. The van der Waals surface area contributed by atoms with E-state index in [2.05, 4.69) is 0 Å². The van der Waals surface area contributed by atoms with E-state index >= 15 is 0 Å². The largest absolute Gasteiger partial charge is 0.479 e. The van der Waals surface area contributed by atoms with E-state index in [1.165, 1.54) is 6.92 Å². The molecule has 0 aliphatic carbocycles. The van der Waals surface area contributed by atoms with Crippen LogP contribution in [0.15, 0.2) is 0 Å². The first-order valence-corrected chi connectivity index (χ1v) is 4.35. The Morgan fingerprint density at radius 2 is 2.38 bits per heavy atom. The van der Waals surface area contributed by atoms with Gasteiger partial charge >= 0.3 is 5.97 Å².